The van der Waals surface area contributed by atoms with Crippen LogP contribution in [-0.2, 0) is 5.75 Å². The van der Waals surface area contributed by atoms with Gasteiger partial charge in [-0.1, -0.05) is 39.8 Å². The smallest absolute Gasteiger partial charge is 0.311 e. The number of thioether (sulfide) groups is 1. The molecule has 0 aliphatic carbocycles. The van der Waals surface area contributed by atoms with Crippen LogP contribution >= 0.6 is 27.7 Å². The Bertz CT molecular complexity index is 1020. The highest BCUT2D eigenvalue weighted by atomic mass is 79.9. The number of hydrogen-bond donors (Lipinski definition) is 0. The number of methoxy groups -OCH3 is 1. The largest absolute Gasteiger partial charge is 0.490 e. The van der Waals surface area contributed by atoms with Crippen LogP contribution in [0.3, 0.4) is 0 Å². The van der Waals surface area contributed by atoms with Crippen LogP contribution in [0.1, 0.15) is 17.0 Å². The molecular formula is C18H16BrN5O3S. The molecule has 3 aromatic rings. The van der Waals surface area contributed by atoms with Crippen molar-refractivity contribution in [3.8, 4) is 5.75 Å². The van der Waals surface area contributed by atoms with Gasteiger partial charge in [0, 0.05) is 21.9 Å². The van der Waals surface area contributed by atoms with E-state index in [4.69, 9.17) is 4.74 Å². The SMILES string of the molecule is COc1ccc(/C=N/n2c(C)nnc2SCc2ccc(Br)cc2)cc1[N+](=O)[O-]. The number of hydrogen-bond acceptors (Lipinski definition) is 7. The summed E-state index contributed by atoms with van der Waals surface area (Å²) < 4.78 is 7.65. The number of nitro groups is 1. The Kier molecular flexibility index (Phi) is 6.42. The molecule has 0 aliphatic rings. The first-order valence-corrected chi connectivity index (χ1v) is 9.92. The third kappa shape index (κ3) is 4.76. The van der Waals surface area contributed by atoms with Crippen LogP contribution in [0.5, 0.6) is 5.75 Å². The van der Waals surface area contributed by atoms with Gasteiger partial charge in [0.25, 0.3) is 0 Å². The topological polar surface area (TPSA) is 95.4 Å². The van der Waals surface area contributed by atoms with E-state index < -0.39 is 4.92 Å². The first-order valence-electron chi connectivity index (χ1n) is 8.14. The molecule has 2 aromatic carbocycles. The summed E-state index contributed by atoms with van der Waals surface area (Å²) in [4.78, 5) is 10.7. The van der Waals surface area contributed by atoms with Crippen molar-refractivity contribution in [1.29, 1.82) is 0 Å². The highest BCUT2D eigenvalue weighted by molar-refractivity contribution is 9.10. The van der Waals surface area contributed by atoms with Crippen molar-refractivity contribution in [2.45, 2.75) is 17.8 Å². The van der Waals surface area contributed by atoms with Gasteiger partial charge in [-0.15, -0.1) is 10.2 Å². The van der Waals surface area contributed by atoms with Crippen LogP contribution < -0.4 is 4.74 Å². The summed E-state index contributed by atoms with van der Waals surface area (Å²) in [7, 11) is 1.39. The van der Waals surface area contributed by atoms with E-state index in [1.165, 1.54) is 31.2 Å². The Balaban J connectivity index is 1.79. The minimum absolute atomic E-state index is 0.114. The van der Waals surface area contributed by atoms with Crippen LogP contribution in [0.15, 0.2) is 57.2 Å². The molecule has 0 atom stereocenters. The van der Waals surface area contributed by atoms with Gasteiger partial charge >= 0.3 is 5.69 Å². The Labute approximate surface area is 173 Å². The molecule has 0 saturated carbocycles. The van der Waals surface area contributed by atoms with Crippen molar-refractivity contribution >= 4 is 39.6 Å². The van der Waals surface area contributed by atoms with Gasteiger partial charge < -0.3 is 4.74 Å². The van der Waals surface area contributed by atoms with E-state index in [1.54, 1.807) is 23.7 Å². The van der Waals surface area contributed by atoms with Gasteiger partial charge in [0.2, 0.25) is 5.16 Å². The van der Waals surface area contributed by atoms with E-state index in [-0.39, 0.29) is 11.4 Å². The number of nitrogens with zero attached hydrogens (tertiary/aromatic N) is 5. The number of aromatic nitrogens is 3. The zero-order chi connectivity index (χ0) is 20.1. The van der Waals surface area contributed by atoms with Crippen LogP contribution in [0.2, 0.25) is 0 Å². The average Bonchev–Trinajstić information content (AvgIpc) is 3.05. The van der Waals surface area contributed by atoms with E-state index in [2.05, 4.69) is 31.2 Å². The second-order valence-corrected chi connectivity index (χ2v) is 7.55. The molecule has 0 radical (unpaired) electrons. The second kappa shape index (κ2) is 8.98. The fourth-order valence-corrected chi connectivity index (χ4v) is 3.50. The summed E-state index contributed by atoms with van der Waals surface area (Å²) in [5.41, 5.74) is 1.61. The van der Waals surface area contributed by atoms with Gasteiger partial charge in [-0.2, -0.15) is 9.78 Å². The zero-order valence-electron chi connectivity index (χ0n) is 15.1. The molecule has 144 valence electrons. The molecular weight excluding hydrogens is 446 g/mol. The number of benzene rings is 2. The number of halogens is 1. The van der Waals surface area contributed by atoms with E-state index in [1.807, 2.05) is 24.3 Å². The Hall–Kier alpha value is -2.72. The highest BCUT2D eigenvalue weighted by Gasteiger charge is 2.15. The molecule has 0 unspecified atom stereocenters. The maximum absolute atomic E-state index is 11.2. The lowest BCUT2D eigenvalue weighted by molar-refractivity contribution is -0.385. The average molecular weight is 462 g/mol. The van der Waals surface area contributed by atoms with E-state index >= 15 is 0 Å². The standard InChI is InChI=1S/C18H16BrN5O3S/c1-12-21-22-18(28-11-13-3-6-15(19)7-4-13)23(12)20-10-14-5-8-17(27-2)16(9-14)24(25)26/h3-10H,11H2,1-2H3/b20-10+. The number of nitro benzene ring substituents is 1. The predicted octanol–water partition coefficient (Wildman–Crippen LogP) is 4.44. The normalized spacial score (nSPS) is 11.1. The monoisotopic (exact) mass is 461 g/mol. The van der Waals surface area contributed by atoms with Crippen LogP contribution in [0, 0.1) is 17.0 Å². The molecule has 0 fully saturated rings. The summed E-state index contributed by atoms with van der Waals surface area (Å²) in [6.45, 7) is 1.80. The minimum Gasteiger partial charge on any atom is -0.490 e. The van der Waals surface area contributed by atoms with E-state index in [0.29, 0.717) is 16.5 Å². The first-order chi connectivity index (χ1) is 13.5. The molecule has 8 nitrogen and oxygen atoms in total. The van der Waals surface area contributed by atoms with Crippen LogP contribution in [0.25, 0.3) is 0 Å². The molecule has 0 spiro atoms. The van der Waals surface area contributed by atoms with E-state index in [0.717, 1.165) is 15.8 Å². The maximum atomic E-state index is 11.2. The highest BCUT2D eigenvalue weighted by Crippen LogP contribution is 2.27. The van der Waals surface area contributed by atoms with Gasteiger partial charge in [-0.05, 0) is 36.8 Å². The molecule has 28 heavy (non-hydrogen) atoms. The van der Waals surface area contributed by atoms with Crippen LogP contribution in [-0.4, -0.2) is 33.1 Å². The second-order valence-electron chi connectivity index (χ2n) is 5.69. The molecule has 1 heterocycles. The van der Waals surface area contributed by atoms with Crippen molar-refractivity contribution in [1.82, 2.24) is 14.9 Å². The summed E-state index contributed by atoms with van der Waals surface area (Å²) >= 11 is 4.93. The van der Waals surface area contributed by atoms with Gasteiger partial charge in [-0.25, -0.2) is 0 Å². The molecule has 0 bridgehead atoms. The van der Waals surface area contributed by atoms with Gasteiger partial charge in [-0.3, -0.25) is 10.1 Å². The molecule has 3 rings (SSSR count). The van der Waals surface area contributed by atoms with Crippen molar-refractivity contribution < 1.29 is 9.66 Å². The number of rotatable bonds is 7. The molecule has 0 aliphatic heterocycles. The summed E-state index contributed by atoms with van der Waals surface area (Å²) in [5, 5.41) is 24.4. The third-order valence-electron chi connectivity index (χ3n) is 3.77. The first kappa shape index (κ1) is 20.0. The summed E-state index contributed by atoms with van der Waals surface area (Å²) in [6.07, 6.45) is 1.53. The number of ether oxygens (including phenoxy) is 1. The van der Waals surface area contributed by atoms with Crippen molar-refractivity contribution in [3.63, 3.8) is 0 Å². The van der Waals surface area contributed by atoms with Gasteiger partial charge in [0.05, 0.1) is 18.2 Å². The van der Waals surface area contributed by atoms with Crippen molar-refractivity contribution in [2.24, 2.45) is 5.10 Å². The third-order valence-corrected chi connectivity index (χ3v) is 5.29. The maximum Gasteiger partial charge on any atom is 0.311 e. The molecule has 0 amide bonds. The fraction of sp³-hybridized carbons (Fsp3) is 0.167. The van der Waals surface area contributed by atoms with Gasteiger partial charge in [0.15, 0.2) is 11.6 Å². The summed E-state index contributed by atoms with van der Waals surface area (Å²) in [5.74, 6) is 1.54. The van der Waals surface area contributed by atoms with Crippen LogP contribution in [0.4, 0.5) is 5.69 Å². The lowest BCUT2D eigenvalue weighted by Gasteiger charge is -2.04. The lowest BCUT2D eigenvalue weighted by atomic mass is 10.2. The lowest BCUT2D eigenvalue weighted by Crippen LogP contribution is -1.98. The zero-order valence-corrected chi connectivity index (χ0v) is 17.5. The molecule has 0 N–H and O–H groups in total. The molecule has 0 saturated heterocycles. The summed E-state index contributed by atoms with van der Waals surface area (Å²) in [6, 6.07) is 12.7. The molecule has 10 heteroatoms. The quantitative estimate of drug-likeness (QED) is 0.223. The van der Waals surface area contributed by atoms with Crippen molar-refractivity contribution in [2.75, 3.05) is 7.11 Å². The fourth-order valence-electron chi connectivity index (χ4n) is 2.34. The Morgan fingerprint density at radius 1 is 1.29 bits per heavy atom. The predicted molar refractivity (Wildman–Crippen MR) is 111 cm³/mol. The minimum atomic E-state index is -0.486. The Morgan fingerprint density at radius 2 is 2.04 bits per heavy atom. The Morgan fingerprint density at radius 3 is 2.71 bits per heavy atom. The van der Waals surface area contributed by atoms with Crippen molar-refractivity contribution in [3.05, 3.63) is 74.0 Å². The van der Waals surface area contributed by atoms with Gasteiger partial charge in [0.1, 0.15) is 0 Å². The van der Waals surface area contributed by atoms with E-state index in [9.17, 15) is 10.1 Å². The molecule has 1 aromatic heterocycles. The number of aryl methyl sites for hydroxylation is 1.